The summed E-state index contributed by atoms with van der Waals surface area (Å²) in [5.41, 5.74) is 1.96. The fraction of sp³-hybridized carbons (Fsp3) is 0.300. The van der Waals surface area contributed by atoms with Gasteiger partial charge in [-0.1, -0.05) is 12.1 Å². The molecule has 0 bridgehead atoms. The number of anilines is 1. The van der Waals surface area contributed by atoms with Gasteiger partial charge >= 0.3 is 0 Å². The molecule has 0 aliphatic heterocycles. The summed E-state index contributed by atoms with van der Waals surface area (Å²) in [6.45, 7) is 1.98. The van der Waals surface area contributed by atoms with Gasteiger partial charge in [0.25, 0.3) is 0 Å². The third-order valence-electron chi connectivity index (χ3n) is 1.62. The van der Waals surface area contributed by atoms with Crippen LogP contribution in [-0.2, 0) is 4.79 Å². The Kier molecular flexibility index (Phi) is 3.77. The molecule has 1 N–H and O–H groups in total. The fourth-order valence-electron chi connectivity index (χ4n) is 1.03. The van der Waals surface area contributed by atoms with Crippen molar-refractivity contribution in [2.45, 2.75) is 13.3 Å². The quantitative estimate of drug-likeness (QED) is 0.742. The first-order chi connectivity index (χ1) is 6.22. The van der Waals surface area contributed by atoms with Crippen LogP contribution >= 0.6 is 11.6 Å². The number of carbonyl (C=O) groups is 1. The third kappa shape index (κ3) is 3.47. The van der Waals surface area contributed by atoms with E-state index in [0.717, 1.165) is 11.3 Å². The molecule has 1 aromatic carbocycles. The first-order valence-electron chi connectivity index (χ1n) is 4.15. The largest absolute Gasteiger partial charge is 0.326 e. The lowest BCUT2D eigenvalue weighted by Gasteiger charge is -2.03. The van der Waals surface area contributed by atoms with Crippen molar-refractivity contribution >= 4 is 23.2 Å². The zero-order chi connectivity index (χ0) is 9.68. The fourth-order valence-corrected chi connectivity index (χ4v) is 1.20. The van der Waals surface area contributed by atoms with Gasteiger partial charge in [0, 0.05) is 18.0 Å². The lowest BCUT2D eigenvalue weighted by atomic mass is 10.2. The van der Waals surface area contributed by atoms with E-state index in [2.05, 4.69) is 5.32 Å². The highest BCUT2D eigenvalue weighted by atomic mass is 35.5. The number of benzene rings is 1. The number of aryl methyl sites for hydroxylation is 1. The molecule has 0 saturated heterocycles. The monoisotopic (exact) mass is 197 g/mol. The van der Waals surface area contributed by atoms with Gasteiger partial charge < -0.3 is 5.32 Å². The Morgan fingerprint density at radius 2 is 2.31 bits per heavy atom. The molecule has 1 rings (SSSR count). The Labute approximate surface area is 82.9 Å². The maximum Gasteiger partial charge on any atom is 0.225 e. The number of carbonyl (C=O) groups excluding carboxylic acids is 1. The molecule has 0 heterocycles. The van der Waals surface area contributed by atoms with Crippen molar-refractivity contribution in [3.05, 3.63) is 29.8 Å². The van der Waals surface area contributed by atoms with Crippen LogP contribution in [0.2, 0.25) is 0 Å². The first kappa shape index (κ1) is 10.1. The molecular weight excluding hydrogens is 186 g/mol. The highest BCUT2D eigenvalue weighted by Gasteiger charge is 2.00. The van der Waals surface area contributed by atoms with Crippen molar-refractivity contribution in [2.75, 3.05) is 11.2 Å². The zero-order valence-corrected chi connectivity index (χ0v) is 8.27. The molecule has 3 heteroatoms. The molecule has 1 aromatic rings. The predicted octanol–water partition coefficient (Wildman–Crippen LogP) is 2.56. The van der Waals surface area contributed by atoms with E-state index in [1.165, 1.54) is 0 Å². The maximum absolute atomic E-state index is 11.1. The highest BCUT2D eigenvalue weighted by molar-refractivity contribution is 6.19. The van der Waals surface area contributed by atoms with E-state index in [9.17, 15) is 4.79 Å². The predicted molar refractivity (Wildman–Crippen MR) is 55.1 cm³/mol. The number of halogens is 1. The molecule has 0 aromatic heterocycles. The molecule has 2 nitrogen and oxygen atoms in total. The van der Waals surface area contributed by atoms with E-state index in [1.807, 2.05) is 31.2 Å². The molecule has 0 spiro atoms. The standard InChI is InChI=1S/C10H12ClNO/c1-8-3-2-4-9(7-8)12-10(13)5-6-11/h2-4,7H,5-6H2,1H3,(H,12,13). The first-order valence-corrected chi connectivity index (χ1v) is 4.68. The molecule has 0 unspecified atom stereocenters. The van der Waals surface area contributed by atoms with Crippen LogP contribution in [0.1, 0.15) is 12.0 Å². The van der Waals surface area contributed by atoms with Gasteiger partial charge in [-0.05, 0) is 24.6 Å². The van der Waals surface area contributed by atoms with Crippen molar-refractivity contribution in [1.82, 2.24) is 0 Å². The van der Waals surface area contributed by atoms with Gasteiger partial charge in [-0.2, -0.15) is 0 Å². The summed E-state index contributed by atoms with van der Waals surface area (Å²) >= 11 is 5.43. The summed E-state index contributed by atoms with van der Waals surface area (Å²) < 4.78 is 0. The van der Waals surface area contributed by atoms with Crippen LogP contribution in [0.15, 0.2) is 24.3 Å². The molecule has 0 saturated carbocycles. The van der Waals surface area contributed by atoms with Crippen LogP contribution in [0, 0.1) is 6.92 Å². The molecular formula is C10H12ClNO. The Hall–Kier alpha value is -1.02. The lowest BCUT2D eigenvalue weighted by Crippen LogP contribution is -2.11. The maximum atomic E-state index is 11.1. The number of amides is 1. The van der Waals surface area contributed by atoms with E-state index in [0.29, 0.717) is 12.3 Å². The number of alkyl halides is 1. The number of hydrogen-bond donors (Lipinski definition) is 1. The van der Waals surface area contributed by atoms with Crippen LogP contribution in [-0.4, -0.2) is 11.8 Å². The summed E-state index contributed by atoms with van der Waals surface area (Å²) in [7, 11) is 0. The van der Waals surface area contributed by atoms with Gasteiger partial charge in [0.05, 0.1) is 0 Å². The molecule has 0 aliphatic carbocycles. The summed E-state index contributed by atoms with van der Waals surface area (Å²) in [4.78, 5) is 11.1. The molecule has 0 aliphatic rings. The summed E-state index contributed by atoms with van der Waals surface area (Å²) in [5.74, 6) is 0.318. The molecule has 1 amide bonds. The Bertz CT molecular complexity index is 299. The minimum Gasteiger partial charge on any atom is -0.326 e. The smallest absolute Gasteiger partial charge is 0.225 e. The van der Waals surface area contributed by atoms with E-state index in [4.69, 9.17) is 11.6 Å². The van der Waals surface area contributed by atoms with Crippen LogP contribution in [0.4, 0.5) is 5.69 Å². The topological polar surface area (TPSA) is 29.1 Å². The number of rotatable bonds is 3. The van der Waals surface area contributed by atoms with Crippen molar-refractivity contribution < 1.29 is 4.79 Å². The summed E-state index contributed by atoms with van der Waals surface area (Å²) in [6.07, 6.45) is 0.357. The van der Waals surface area contributed by atoms with Crippen molar-refractivity contribution in [3.8, 4) is 0 Å². The van der Waals surface area contributed by atoms with Crippen molar-refractivity contribution in [3.63, 3.8) is 0 Å². The average molecular weight is 198 g/mol. The minimum absolute atomic E-state index is 0.0411. The van der Waals surface area contributed by atoms with E-state index < -0.39 is 0 Å². The van der Waals surface area contributed by atoms with Gasteiger partial charge in [-0.15, -0.1) is 11.6 Å². The normalized spacial score (nSPS) is 9.69. The zero-order valence-electron chi connectivity index (χ0n) is 7.51. The van der Waals surface area contributed by atoms with Crippen molar-refractivity contribution in [1.29, 1.82) is 0 Å². The van der Waals surface area contributed by atoms with E-state index >= 15 is 0 Å². The molecule has 70 valence electrons. The lowest BCUT2D eigenvalue weighted by molar-refractivity contribution is -0.115. The average Bonchev–Trinajstić information content (AvgIpc) is 2.04. The third-order valence-corrected chi connectivity index (χ3v) is 1.81. The SMILES string of the molecule is Cc1cccc(NC(=O)CCCl)c1. The number of nitrogens with one attached hydrogen (secondary N) is 1. The molecule has 0 radical (unpaired) electrons. The highest BCUT2D eigenvalue weighted by Crippen LogP contribution is 2.09. The summed E-state index contributed by atoms with van der Waals surface area (Å²) in [6, 6.07) is 7.67. The second-order valence-electron chi connectivity index (χ2n) is 2.86. The van der Waals surface area contributed by atoms with Crippen LogP contribution in [0.3, 0.4) is 0 Å². The second kappa shape index (κ2) is 4.87. The Morgan fingerprint density at radius 1 is 1.54 bits per heavy atom. The second-order valence-corrected chi connectivity index (χ2v) is 3.23. The van der Waals surface area contributed by atoms with Crippen LogP contribution in [0.25, 0.3) is 0 Å². The van der Waals surface area contributed by atoms with Crippen molar-refractivity contribution in [2.24, 2.45) is 0 Å². The minimum atomic E-state index is -0.0411. The van der Waals surface area contributed by atoms with E-state index in [-0.39, 0.29) is 5.91 Å². The van der Waals surface area contributed by atoms with Gasteiger partial charge in [-0.3, -0.25) is 4.79 Å². The van der Waals surface area contributed by atoms with Crippen LogP contribution in [0.5, 0.6) is 0 Å². The van der Waals surface area contributed by atoms with Gasteiger partial charge in [0.1, 0.15) is 0 Å². The van der Waals surface area contributed by atoms with E-state index in [1.54, 1.807) is 0 Å². The molecule has 0 atom stereocenters. The van der Waals surface area contributed by atoms with Gasteiger partial charge in [0.2, 0.25) is 5.91 Å². The molecule has 13 heavy (non-hydrogen) atoms. The Balaban J connectivity index is 2.58. The number of hydrogen-bond acceptors (Lipinski definition) is 1. The van der Waals surface area contributed by atoms with Crippen LogP contribution < -0.4 is 5.32 Å². The van der Waals surface area contributed by atoms with Gasteiger partial charge in [0.15, 0.2) is 0 Å². The Morgan fingerprint density at radius 3 is 2.92 bits per heavy atom. The van der Waals surface area contributed by atoms with Gasteiger partial charge in [-0.25, -0.2) is 0 Å². The molecule has 0 fully saturated rings. The summed E-state index contributed by atoms with van der Waals surface area (Å²) in [5, 5.41) is 2.76.